The molecule has 0 aliphatic heterocycles. The molecule has 2 heterocycles. The van der Waals surface area contributed by atoms with Crippen molar-refractivity contribution in [2.24, 2.45) is 0 Å². The molecule has 4 aromatic carbocycles. The monoisotopic (exact) mass is 552 g/mol. The first-order chi connectivity index (χ1) is 15.6. The quantitative estimate of drug-likeness (QED) is 0.173. The van der Waals surface area contributed by atoms with E-state index in [1.165, 1.54) is 0 Å². The molecule has 6 aromatic rings. The Morgan fingerprint density at radius 2 is 0.938 bits per heavy atom. The number of para-hydroxylation sites is 2. The number of halogens is 2. The first-order valence-electron chi connectivity index (χ1n) is 9.88. The number of rotatable bonds is 2. The van der Waals surface area contributed by atoms with Crippen molar-refractivity contribution in [2.45, 2.75) is 0 Å². The zero-order valence-corrected chi connectivity index (χ0v) is 19.4. The van der Waals surface area contributed by atoms with Gasteiger partial charge in [0.2, 0.25) is 0 Å². The van der Waals surface area contributed by atoms with Crippen molar-refractivity contribution in [3.8, 4) is 0 Å². The van der Waals surface area contributed by atoms with Gasteiger partial charge in [0.1, 0.15) is 0 Å². The average molecular weight is 553 g/mol. The average Bonchev–Trinajstić information content (AvgIpc) is 2.84. The van der Waals surface area contributed by atoms with E-state index in [1.54, 1.807) is 36.4 Å². The molecule has 0 N–H and O–H groups in total. The molecule has 0 saturated carbocycles. The predicted molar refractivity (Wildman–Crippen MR) is 137 cm³/mol. The second-order valence-corrected chi connectivity index (χ2v) is 13.1. The Morgan fingerprint density at radius 3 is 1.41 bits per heavy atom. The molecule has 0 unspecified atom stereocenters. The fraction of sp³-hybridized carbons (Fsp3) is 0. The number of hydrogen-bond acceptors (Lipinski definition) is 4. The molecule has 0 bridgehead atoms. The van der Waals surface area contributed by atoms with Crippen LogP contribution >= 0.6 is 27.6 Å². The van der Waals surface area contributed by atoms with Crippen LogP contribution in [0.4, 0.5) is 0 Å². The van der Waals surface area contributed by atoms with E-state index < -0.39 is 18.7 Å². The van der Waals surface area contributed by atoms with E-state index in [-0.39, 0.29) is 10.9 Å². The summed E-state index contributed by atoms with van der Waals surface area (Å²) in [6, 6.07) is 25.5. The zero-order valence-electron chi connectivity index (χ0n) is 16.5. The summed E-state index contributed by atoms with van der Waals surface area (Å²) in [6.45, 7) is 0. The van der Waals surface area contributed by atoms with Crippen LogP contribution in [0.2, 0.25) is 0 Å². The molecule has 6 rings (SSSR count). The van der Waals surface area contributed by atoms with Crippen LogP contribution < -0.4 is 10.9 Å². The van der Waals surface area contributed by atoms with Gasteiger partial charge < -0.3 is 0 Å². The van der Waals surface area contributed by atoms with Crippen molar-refractivity contribution in [1.29, 1.82) is 0 Å². The van der Waals surface area contributed by atoms with Gasteiger partial charge in [0, 0.05) is 0 Å². The van der Waals surface area contributed by atoms with E-state index in [2.05, 4.69) is 0 Å². The summed E-state index contributed by atoms with van der Waals surface area (Å²) in [7, 11) is 6.96. The Hall–Kier alpha value is -3.16. The third-order valence-corrected chi connectivity index (χ3v) is 11.2. The number of fused-ring (bicyclic) bond motifs is 4. The van der Waals surface area contributed by atoms with Gasteiger partial charge in [-0.2, -0.15) is 0 Å². The number of benzene rings is 4. The Labute approximate surface area is 192 Å². The van der Waals surface area contributed by atoms with Crippen LogP contribution in [0.15, 0.2) is 103 Å². The maximum absolute atomic E-state index is 13.0. The molecule has 32 heavy (non-hydrogen) atoms. The Kier molecular flexibility index (Phi) is 4.55. The van der Waals surface area contributed by atoms with Crippen molar-refractivity contribution >= 4 is 71.5 Å². The summed E-state index contributed by atoms with van der Waals surface area (Å²) in [5, 5.41) is 2.11. The van der Waals surface area contributed by atoms with Crippen LogP contribution in [-0.4, -0.2) is 0 Å². The van der Waals surface area contributed by atoms with E-state index in [9.17, 15) is 9.59 Å². The van der Waals surface area contributed by atoms with E-state index in [0.717, 1.165) is 7.14 Å². The number of hydrogen-bond donors (Lipinski definition) is 0. The first-order valence-corrected chi connectivity index (χ1v) is 14.8. The summed E-state index contributed by atoms with van der Waals surface area (Å²) in [5.74, 6) is 0. The van der Waals surface area contributed by atoms with Gasteiger partial charge in [0.15, 0.2) is 0 Å². The van der Waals surface area contributed by atoms with Crippen molar-refractivity contribution < 1.29 is 8.83 Å². The normalized spacial score (nSPS) is 12.1. The summed E-state index contributed by atoms with van der Waals surface area (Å²) < 4.78 is 13.6. The van der Waals surface area contributed by atoms with Gasteiger partial charge in [-0.1, -0.05) is 0 Å². The van der Waals surface area contributed by atoms with Crippen LogP contribution in [0.1, 0.15) is 0 Å². The maximum atomic E-state index is 13.0. The summed E-state index contributed by atoms with van der Waals surface area (Å²) in [4.78, 5) is 26.0. The molecule has 4 nitrogen and oxygen atoms in total. The molecule has 0 atom stereocenters. The van der Waals surface area contributed by atoms with Crippen LogP contribution in [0.25, 0.3) is 43.9 Å². The van der Waals surface area contributed by atoms with E-state index >= 15 is 0 Å². The Balaban J connectivity index is 1.51. The molecule has 2 aromatic heterocycles. The van der Waals surface area contributed by atoms with Crippen LogP contribution in [0.5, 0.6) is 0 Å². The molecular weight excluding hydrogens is 539 g/mol. The topological polar surface area (TPSA) is 60.4 Å². The summed E-state index contributed by atoms with van der Waals surface area (Å²) in [5.41, 5.74) is 2.04. The molecule has 0 aliphatic rings. The molecule has 156 valence electrons. The van der Waals surface area contributed by atoms with Gasteiger partial charge in [0.05, 0.1) is 0 Å². The standard InChI is InChI=1S/C26H14ClIO4/c27-28(15-9-11-23-19(13-15)25(29)17-5-1-3-7-21(17)31-23)16-10-12-24-20(14-16)26(30)18-6-2-4-8-22(18)32-24/h1-14H. The van der Waals surface area contributed by atoms with Gasteiger partial charge in [0.25, 0.3) is 0 Å². The van der Waals surface area contributed by atoms with Crippen LogP contribution in [-0.2, 0) is 0 Å². The van der Waals surface area contributed by atoms with E-state index in [4.69, 9.17) is 17.7 Å². The van der Waals surface area contributed by atoms with Crippen LogP contribution in [0.3, 0.4) is 0 Å². The SMILES string of the molecule is O=c1c2ccccc2oc2ccc(I(Cl)c3ccc4oc5ccccc5c(=O)c4c3)cc12. The van der Waals surface area contributed by atoms with Crippen molar-refractivity contribution in [3.63, 3.8) is 0 Å². The predicted octanol–water partition coefficient (Wildman–Crippen LogP) is 6.91. The molecular formula is C26H14ClIO4. The molecule has 0 radical (unpaired) electrons. The fourth-order valence-electron chi connectivity index (χ4n) is 3.88. The van der Waals surface area contributed by atoms with Crippen molar-refractivity contribution in [2.75, 3.05) is 0 Å². The second-order valence-electron chi connectivity index (χ2n) is 7.37. The first kappa shape index (κ1) is 19.5. The Morgan fingerprint density at radius 1 is 0.531 bits per heavy atom. The van der Waals surface area contributed by atoms with Gasteiger partial charge in [-0.15, -0.1) is 0 Å². The van der Waals surface area contributed by atoms with E-state index in [0.29, 0.717) is 43.9 Å². The Bertz CT molecular complexity index is 1670. The minimum atomic E-state index is -2.40. The van der Waals surface area contributed by atoms with Crippen molar-refractivity contribution in [3.05, 3.63) is 113 Å². The molecule has 0 fully saturated rings. The van der Waals surface area contributed by atoms with Gasteiger partial charge in [-0.05, 0) is 0 Å². The van der Waals surface area contributed by atoms with Crippen molar-refractivity contribution in [1.82, 2.24) is 0 Å². The van der Waals surface area contributed by atoms with E-state index in [1.807, 2.05) is 48.5 Å². The molecule has 0 aliphatic carbocycles. The third-order valence-electron chi connectivity index (χ3n) is 5.46. The summed E-state index contributed by atoms with van der Waals surface area (Å²) >= 11 is -2.40. The van der Waals surface area contributed by atoms with Gasteiger partial charge >= 0.3 is 193 Å². The minimum absolute atomic E-state index is 0.0738. The molecule has 0 spiro atoms. The fourth-order valence-corrected chi connectivity index (χ4v) is 7.96. The van der Waals surface area contributed by atoms with Gasteiger partial charge in [-0.3, -0.25) is 0 Å². The molecule has 0 amide bonds. The zero-order chi connectivity index (χ0) is 21.8. The van der Waals surface area contributed by atoms with Crippen LogP contribution in [0, 0.1) is 7.14 Å². The molecule has 6 heteroatoms. The van der Waals surface area contributed by atoms with Gasteiger partial charge in [-0.25, -0.2) is 0 Å². The molecule has 0 saturated heterocycles. The second kappa shape index (κ2) is 7.46. The summed E-state index contributed by atoms with van der Waals surface area (Å²) in [6.07, 6.45) is 0. The third kappa shape index (κ3) is 3.04.